The van der Waals surface area contributed by atoms with Crippen LogP contribution in [-0.2, 0) is 6.42 Å². The molecular formula is C13H12BrN3OS. The zero-order chi connectivity index (χ0) is 13.8. The molecule has 0 N–H and O–H groups in total. The number of hydrogen-bond acceptors (Lipinski definition) is 5. The number of rotatable bonds is 4. The topological polar surface area (TPSA) is 58.8 Å². The highest BCUT2D eigenvalue weighted by Crippen LogP contribution is 2.28. The molecule has 19 heavy (non-hydrogen) atoms. The van der Waals surface area contributed by atoms with Gasteiger partial charge in [0.15, 0.2) is 0 Å². The highest BCUT2D eigenvalue weighted by Gasteiger charge is 2.10. The van der Waals surface area contributed by atoms with Crippen molar-refractivity contribution < 1.29 is 4.74 Å². The van der Waals surface area contributed by atoms with Crippen LogP contribution in [0.1, 0.15) is 25.2 Å². The van der Waals surface area contributed by atoms with Crippen molar-refractivity contribution in [2.45, 2.75) is 20.3 Å². The van der Waals surface area contributed by atoms with Crippen molar-refractivity contribution in [2.24, 2.45) is 5.92 Å². The molecule has 0 atom stereocenters. The van der Waals surface area contributed by atoms with Crippen molar-refractivity contribution in [3.05, 3.63) is 34.1 Å². The van der Waals surface area contributed by atoms with Crippen LogP contribution in [-0.4, -0.2) is 9.36 Å². The molecular weight excluding hydrogens is 326 g/mol. The smallest absolute Gasteiger partial charge is 0.298 e. The summed E-state index contributed by atoms with van der Waals surface area (Å²) in [6, 6.07) is 7.38. The van der Waals surface area contributed by atoms with Crippen LogP contribution < -0.4 is 4.74 Å². The second-order valence-electron chi connectivity index (χ2n) is 4.43. The Hall–Kier alpha value is -1.45. The average Bonchev–Trinajstić information content (AvgIpc) is 2.78. The predicted octanol–water partition coefficient (Wildman–Crippen LogP) is 4.16. The molecule has 98 valence electrons. The quantitative estimate of drug-likeness (QED) is 0.840. The van der Waals surface area contributed by atoms with Gasteiger partial charge in [-0.05, 0) is 24.1 Å². The van der Waals surface area contributed by atoms with Crippen LogP contribution in [0.25, 0.3) is 0 Å². The number of nitriles is 1. The summed E-state index contributed by atoms with van der Waals surface area (Å²) in [5.41, 5.74) is 0.468. The Morgan fingerprint density at radius 2 is 2.26 bits per heavy atom. The Bertz CT molecular complexity index is 619. The van der Waals surface area contributed by atoms with E-state index in [4.69, 9.17) is 10.00 Å². The molecule has 2 aromatic rings. The molecule has 0 fully saturated rings. The fourth-order valence-corrected chi connectivity index (χ4v) is 2.43. The molecule has 4 nitrogen and oxygen atoms in total. The summed E-state index contributed by atoms with van der Waals surface area (Å²) in [6.07, 6.45) is 0.825. The number of benzene rings is 1. The first-order valence-corrected chi connectivity index (χ1v) is 7.35. The lowest BCUT2D eigenvalue weighted by Gasteiger charge is -2.03. The third-order valence-corrected chi connectivity index (χ3v) is 3.43. The van der Waals surface area contributed by atoms with Crippen molar-refractivity contribution in [3.63, 3.8) is 0 Å². The lowest BCUT2D eigenvalue weighted by Crippen LogP contribution is -1.96. The van der Waals surface area contributed by atoms with E-state index in [1.807, 2.05) is 6.07 Å². The van der Waals surface area contributed by atoms with Gasteiger partial charge < -0.3 is 4.74 Å². The summed E-state index contributed by atoms with van der Waals surface area (Å²) in [6.45, 7) is 4.23. The van der Waals surface area contributed by atoms with Crippen LogP contribution in [0, 0.1) is 17.2 Å². The standard InChI is InChI=1S/C13H12BrN3OS/c1-8(2)5-12-16-13(19-17-12)18-11-4-3-10(14)6-9(11)7-15/h3-4,6,8H,5H2,1-2H3. The minimum atomic E-state index is 0.467. The molecule has 0 aliphatic heterocycles. The Labute approximate surface area is 124 Å². The molecule has 0 saturated carbocycles. The molecule has 0 unspecified atom stereocenters. The van der Waals surface area contributed by atoms with Crippen LogP contribution in [0.3, 0.4) is 0 Å². The lowest BCUT2D eigenvalue weighted by atomic mass is 10.1. The van der Waals surface area contributed by atoms with E-state index in [1.54, 1.807) is 12.1 Å². The zero-order valence-electron chi connectivity index (χ0n) is 10.6. The van der Waals surface area contributed by atoms with Gasteiger partial charge in [0.2, 0.25) is 0 Å². The second kappa shape index (κ2) is 6.13. The maximum atomic E-state index is 9.06. The summed E-state index contributed by atoms with van der Waals surface area (Å²) in [4.78, 5) is 4.31. The summed E-state index contributed by atoms with van der Waals surface area (Å²) in [5, 5.41) is 9.53. The maximum Gasteiger partial charge on any atom is 0.298 e. The van der Waals surface area contributed by atoms with E-state index in [-0.39, 0.29) is 0 Å². The van der Waals surface area contributed by atoms with Gasteiger partial charge in [-0.15, -0.1) is 0 Å². The van der Waals surface area contributed by atoms with Gasteiger partial charge >= 0.3 is 0 Å². The van der Waals surface area contributed by atoms with E-state index in [9.17, 15) is 0 Å². The van der Waals surface area contributed by atoms with Crippen molar-refractivity contribution in [2.75, 3.05) is 0 Å². The van der Waals surface area contributed by atoms with Crippen molar-refractivity contribution in [3.8, 4) is 17.0 Å². The van der Waals surface area contributed by atoms with Gasteiger partial charge in [-0.1, -0.05) is 29.8 Å². The Kier molecular flexibility index (Phi) is 4.51. The number of nitrogens with zero attached hydrogens (tertiary/aromatic N) is 3. The Balaban J connectivity index is 2.17. The average molecular weight is 338 g/mol. The van der Waals surface area contributed by atoms with Crippen molar-refractivity contribution in [1.82, 2.24) is 9.36 Å². The van der Waals surface area contributed by atoms with Crippen LogP contribution in [0.4, 0.5) is 0 Å². The van der Waals surface area contributed by atoms with Gasteiger partial charge in [0, 0.05) is 22.4 Å². The van der Waals surface area contributed by atoms with Gasteiger partial charge in [-0.25, -0.2) is 0 Å². The largest absolute Gasteiger partial charge is 0.428 e. The number of halogens is 1. The van der Waals surface area contributed by atoms with Crippen molar-refractivity contribution in [1.29, 1.82) is 5.26 Å². The number of hydrogen-bond donors (Lipinski definition) is 0. The summed E-state index contributed by atoms with van der Waals surface area (Å²) < 4.78 is 10.7. The van der Waals surface area contributed by atoms with E-state index in [2.05, 4.69) is 45.2 Å². The SMILES string of the molecule is CC(C)Cc1nsc(Oc2ccc(Br)cc2C#N)n1. The summed E-state index contributed by atoms with van der Waals surface area (Å²) in [7, 11) is 0. The first kappa shape index (κ1) is 14.0. The van der Waals surface area contributed by atoms with Crippen LogP contribution >= 0.6 is 27.5 Å². The lowest BCUT2D eigenvalue weighted by molar-refractivity contribution is 0.474. The van der Waals surface area contributed by atoms with Crippen LogP contribution in [0.2, 0.25) is 0 Å². The second-order valence-corrected chi connectivity index (χ2v) is 6.06. The van der Waals surface area contributed by atoms with Gasteiger partial charge in [0.1, 0.15) is 17.6 Å². The van der Waals surface area contributed by atoms with Gasteiger partial charge in [-0.3, -0.25) is 0 Å². The van der Waals surface area contributed by atoms with Crippen LogP contribution in [0.15, 0.2) is 22.7 Å². The van der Waals surface area contributed by atoms with Crippen LogP contribution in [0.5, 0.6) is 10.9 Å². The third-order valence-electron chi connectivity index (χ3n) is 2.30. The number of ether oxygens (including phenoxy) is 1. The van der Waals surface area contributed by atoms with Gasteiger partial charge in [-0.2, -0.15) is 14.6 Å². The highest BCUT2D eigenvalue weighted by atomic mass is 79.9. The molecule has 1 aromatic heterocycles. The fourth-order valence-electron chi connectivity index (χ4n) is 1.50. The fraction of sp³-hybridized carbons (Fsp3) is 0.308. The first-order valence-electron chi connectivity index (χ1n) is 5.78. The number of aromatic nitrogens is 2. The monoisotopic (exact) mass is 337 g/mol. The van der Waals surface area contributed by atoms with Crippen molar-refractivity contribution >= 4 is 27.5 Å². The Morgan fingerprint density at radius 3 is 2.95 bits per heavy atom. The molecule has 0 spiro atoms. The molecule has 0 amide bonds. The minimum Gasteiger partial charge on any atom is -0.428 e. The van der Waals surface area contributed by atoms with E-state index >= 15 is 0 Å². The molecule has 0 bridgehead atoms. The van der Waals surface area contributed by atoms with Gasteiger partial charge in [0.25, 0.3) is 5.19 Å². The molecule has 6 heteroatoms. The highest BCUT2D eigenvalue weighted by molar-refractivity contribution is 9.10. The van der Waals surface area contributed by atoms with E-state index in [0.29, 0.717) is 22.4 Å². The van der Waals surface area contributed by atoms with E-state index < -0.39 is 0 Å². The van der Waals surface area contributed by atoms with E-state index in [1.165, 1.54) is 11.5 Å². The molecule has 0 radical (unpaired) electrons. The molecule has 1 heterocycles. The summed E-state index contributed by atoms with van der Waals surface area (Å²) in [5.74, 6) is 1.79. The zero-order valence-corrected chi connectivity index (χ0v) is 13.0. The maximum absolute atomic E-state index is 9.06. The van der Waals surface area contributed by atoms with Gasteiger partial charge in [0.05, 0.1) is 5.56 Å². The third kappa shape index (κ3) is 3.75. The first-order chi connectivity index (χ1) is 9.08. The Morgan fingerprint density at radius 1 is 1.47 bits per heavy atom. The summed E-state index contributed by atoms with van der Waals surface area (Å²) >= 11 is 4.53. The normalized spacial score (nSPS) is 10.5. The molecule has 0 saturated heterocycles. The minimum absolute atomic E-state index is 0.467. The van der Waals surface area contributed by atoms with E-state index in [0.717, 1.165) is 16.7 Å². The molecule has 0 aliphatic rings. The molecule has 0 aliphatic carbocycles. The molecule has 1 aromatic carbocycles. The molecule has 2 rings (SSSR count). The predicted molar refractivity (Wildman–Crippen MR) is 77.4 cm³/mol.